The predicted molar refractivity (Wildman–Crippen MR) is 94.3 cm³/mol. The lowest BCUT2D eigenvalue weighted by atomic mass is 10.1. The lowest BCUT2D eigenvalue weighted by Crippen LogP contribution is -2.45. The van der Waals surface area contributed by atoms with Crippen LogP contribution in [0.3, 0.4) is 0 Å². The Balaban J connectivity index is 2.04. The number of rotatable bonds is 3. The summed E-state index contributed by atoms with van der Waals surface area (Å²) in [6, 6.07) is 11.1. The van der Waals surface area contributed by atoms with Crippen LogP contribution in [-0.2, 0) is 0 Å². The minimum atomic E-state index is -0.522. The summed E-state index contributed by atoms with van der Waals surface area (Å²) < 4.78 is 5.94. The van der Waals surface area contributed by atoms with E-state index >= 15 is 0 Å². The van der Waals surface area contributed by atoms with Crippen molar-refractivity contribution in [3.63, 3.8) is 0 Å². The molecule has 7 nitrogen and oxygen atoms in total. The number of carbonyl (C=O) groups excluding carboxylic acids is 1. The van der Waals surface area contributed by atoms with Gasteiger partial charge in [-0.15, -0.1) is 0 Å². The Morgan fingerprint density at radius 2 is 2.16 bits per heavy atom. The zero-order chi connectivity index (χ0) is 18.0. The van der Waals surface area contributed by atoms with E-state index in [1.54, 1.807) is 12.1 Å². The molecule has 8 heteroatoms. The number of non-ortho nitro benzene ring substituents is 1. The van der Waals surface area contributed by atoms with E-state index in [4.69, 9.17) is 16.3 Å². The van der Waals surface area contributed by atoms with Crippen molar-refractivity contribution in [3.05, 3.63) is 63.2 Å². The molecule has 0 bridgehead atoms. The van der Waals surface area contributed by atoms with E-state index in [1.807, 2.05) is 19.1 Å². The summed E-state index contributed by atoms with van der Waals surface area (Å²) >= 11 is 6.25. The van der Waals surface area contributed by atoms with E-state index in [0.29, 0.717) is 17.3 Å². The molecule has 1 heterocycles. The smallest absolute Gasteiger partial charge is 0.322 e. The van der Waals surface area contributed by atoms with Crippen LogP contribution >= 0.6 is 11.6 Å². The Morgan fingerprint density at radius 1 is 1.40 bits per heavy atom. The van der Waals surface area contributed by atoms with Crippen LogP contribution in [0.4, 0.5) is 16.2 Å². The molecule has 25 heavy (non-hydrogen) atoms. The van der Waals surface area contributed by atoms with Crippen LogP contribution in [0.5, 0.6) is 5.75 Å². The summed E-state index contributed by atoms with van der Waals surface area (Å²) in [6.45, 7) is 2.54. The highest BCUT2D eigenvalue weighted by Crippen LogP contribution is 2.41. The van der Waals surface area contributed by atoms with Crippen LogP contribution in [0, 0.1) is 10.1 Å². The average Bonchev–Trinajstić information content (AvgIpc) is 2.60. The highest BCUT2D eigenvalue weighted by molar-refractivity contribution is 6.31. The molecule has 3 rings (SSSR count). The molecule has 0 spiro atoms. The third-order valence-corrected chi connectivity index (χ3v) is 4.23. The van der Waals surface area contributed by atoms with Gasteiger partial charge in [-0.05, 0) is 19.1 Å². The lowest BCUT2D eigenvalue weighted by molar-refractivity contribution is -0.384. The summed E-state index contributed by atoms with van der Waals surface area (Å²) in [5.41, 5.74) is 1.10. The molecule has 130 valence electrons. The maximum Gasteiger partial charge on any atom is 0.322 e. The quantitative estimate of drug-likeness (QED) is 0.663. The van der Waals surface area contributed by atoms with Crippen molar-refractivity contribution in [1.82, 2.24) is 5.32 Å². The number of benzene rings is 2. The first-order valence-corrected chi connectivity index (χ1v) is 8.14. The van der Waals surface area contributed by atoms with E-state index in [0.717, 1.165) is 5.56 Å². The van der Waals surface area contributed by atoms with Crippen LogP contribution in [0.1, 0.15) is 18.6 Å². The highest BCUT2D eigenvalue weighted by atomic mass is 35.5. The van der Waals surface area contributed by atoms with Crippen molar-refractivity contribution < 1.29 is 14.5 Å². The van der Waals surface area contributed by atoms with E-state index in [9.17, 15) is 14.9 Å². The summed E-state index contributed by atoms with van der Waals surface area (Å²) in [7, 11) is 0. The Hall–Kier alpha value is -2.80. The molecule has 2 aromatic carbocycles. The fourth-order valence-electron chi connectivity index (χ4n) is 2.73. The van der Waals surface area contributed by atoms with Crippen molar-refractivity contribution in [2.45, 2.75) is 13.0 Å². The first-order chi connectivity index (χ1) is 12.0. The van der Waals surface area contributed by atoms with Crippen LogP contribution in [0.25, 0.3) is 0 Å². The topological polar surface area (TPSA) is 84.7 Å². The Kier molecular flexibility index (Phi) is 4.76. The second-order valence-corrected chi connectivity index (χ2v) is 5.89. The Labute approximate surface area is 149 Å². The predicted octanol–water partition coefficient (Wildman–Crippen LogP) is 3.92. The summed E-state index contributed by atoms with van der Waals surface area (Å²) in [4.78, 5) is 24.5. The van der Waals surface area contributed by atoms with Gasteiger partial charge in [0.05, 0.1) is 23.2 Å². The molecule has 0 fully saturated rings. The van der Waals surface area contributed by atoms with Gasteiger partial charge in [-0.2, -0.15) is 0 Å². The van der Waals surface area contributed by atoms with Crippen LogP contribution < -0.4 is 15.0 Å². The van der Waals surface area contributed by atoms with Gasteiger partial charge in [0.15, 0.2) is 5.75 Å². The van der Waals surface area contributed by atoms with Gasteiger partial charge in [0.2, 0.25) is 0 Å². The van der Waals surface area contributed by atoms with Gasteiger partial charge < -0.3 is 10.1 Å². The standard InChI is InChI=1S/C17H16ClN3O4/c1-2-19-17(22)20-10-16(12-5-3-4-6-13(12)18)25-15-9-11(21(23)24)7-8-14(15)20/h3-9,16H,2,10H2,1H3,(H,19,22). The third-order valence-electron chi connectivity index (χ3n) is 3.89. The molecule has 2 aromatic rings. The van der Waals surface area contributed by atoms with E-state index in [1.165, 1.54) is 23.1 Å². The summed E-state index contributed by atoms with van der Waals surface area (Å²) in [5.74, 6) is 0.275. The molecule has 0 aliphatic carbocycles. The van der Waals surface area contributed by atoms with E-state index in [-0.39, 0.29) is 24.0 Å². The molecular weight excluding hydrogens is 346 g/mol. The van der Waals surface area contributed by atoms with Gasteiger partial charge in [-0.1, -0.05) is 29.8 Å². The zero-order valence-corrected chi connectivity index (χ0v) is 14.2. The fraction of sp³-hybridized carbons (Fsp3) is 0.235. The van der Waals surface area contributed by atoms with Gasteiger partial charge in [-0.3, -0.25) is 15.0 Å². The minimum absolute atomic E-state index is 0.102. The Bertz CT molecular complexity index is 827. The lowest BCUT2D eigenvalue weighted by Gasteiger charge is -2.35. The van der Waals surface area contributed by atoms with Crippen LogP contribution in [-0.4, -0.2) is 24.0 Å². The molecule has 1 aliphatic rings. The van der Waals surface area contributed by atoms with Crippen LogP contribution in [0.2, 0.25) is 5.02 Å². The number of carbonyl (C=O) groups is 1. The molecular formula is C17H16ClN3O4. The SMILES string of the molecule is CCNC(=O)N1CC(c2ccccc2Cl)Oc2cc([N+](=O)[O-])ccc21. The molecule has 0 saturated heterocycles. The second kappa shape index (κ2) is 6.98. The van der Waals surface area contributed by atoms with Crippen molar-refractivity contribution >= 4 is 29.0 Å². The average molecular weight is 362 g/mol. The number of amides is 2. The molecule has 1 N–H and O–H groups in total. The van der Waals surface area contributed by atoms with Gasteiger partial charge in [-0.25, -0.2) is 4.79 Å². The van der Waals surface area contributed by atoms with Gasteiger partial charge in [0.1, 0.15) is 6.10 Å². The van der Waals surface area contributed by atoms with Crippen LogP contribution in [0.15, 0.2) is 42.5 Å². The molecule has 0 radical (unpaired) electrons. The number of nitrogens with zero attached hydrogens (tertiary/aromatic N) is 2. The zero-order valence-electron chi connectivity index (χ0n) is 13.4. The number of fused-ring (bicyclic) bond motifs is 1. The number of urea groups is 1. The number of halogens is 1. The van der Waals surface area contributed by atoms with Crippen molar-refractivity contribution in [2.75, 3.05) is 18.0 Å². The molecule has 0 saturated carbocycles. The van der Waals surface area contributed by atoms with E-state index in [2.05, 4.69) is 5.32 Å². The first-order valence-electron chi connectivity index (χ1n) is 7.76. The largest absolute Gasteiger partial charge is 0.481 e. The number of ether oxygens (including phenoxy) is 1. The minimum Gasteiger partial charge on any atom is -0.481 e. The molecule has 2 amide bonds. The van der Waals surface area contributed by atoms with E-state index < -0.39 is 11.0 Å². The molecule has 0 aromatic heterocycles. The van der Waals surface area contributed by atoms with Crippen molar-refractivity contribution in [2.24, 2.45) is 0 Å². The first kappa shape index (κ1) is 17.0. The second-order valence-electron chi connectivity index (χ2n) is 5.48. The van der Waals surface area contributed by atoms with Gasteiger partial charge in [0, 0.05) is 23.2 Å². The Morgan fingerprint density at radius 3 is 2.84 bits per heavy atom. The number of hydrogen-bond donors (Lipinski definition) is 1. The monoisotopic (exact) mass is 361 g/mol. The molecule has 1 aliphatic heterocycles. The molecule has 1 unspecified atom stereocenters. The van der Waals surface area contributed by atoms with Gasteiger partial charge >= 0.3 is 6.03 Å². The maximum absolute atomic E-state index is 12.4. The third kappa shape index (κ3) is 3.36. The summed E-state index contributed by atoms with van der Waals surface area (Å²) in [6.07, 6.45) is -0.522. The maximum atomic E-state index is 12.4. The van der Waals surface area contributed by atoms with Crippen molar-refractivity contribution in [3.8, 4) is 5.75 Å². The number of hydrogen-bond acceptors (Lipinski definition) is 4. The summed E-state index contributed by atoms with van der Waals surface area (Å²) in [5, 5.41) is 14.3. The van der Waals surface area contributed by atoms with Gasteiger partial charge in [0.25, 0.3) is 5.69 Å². The van der Waals surface area contributed by atoms with Crippen molar-refractivity contribution in [1.29, 1.82) is 0 Å². The number of nitro benzene ring substituents is 1. The number of nitrogens with one attached hydrogen (secondary N) is 1. The number of nitro groups is 1. The fourth-order valence-corrected chi connectivity index (χ4v) is 2.98. The normalized spacial score (nSPS) is 15.9. The molecule has 1 atom stereocenters. The number of anilines is 1. The highest BCUT2D eigenvalue weighted by Gasteiger charge is 2.32.